The normalized spacial score (nSPS) is 27.9. The van der Waals surface area contributed by atoms with Crippen LogP contribution >= 0.6 is 0 Å². The van der Waals surface area contributed by atoms with Gasteiger partial charge in [-0.15, -0.1) is 0 Å². The molecule has 1 heterocycles. The number of carboxylic acids is 1. The highest BCUT2D eigenvalue weighted by molar-refractivity contribution is 7.87. The number of aliphatic carboxylic acids is 1. The van der Waals surface area contributed by atoms with Gasteiger partial charge in [0.05, 0.1) is 0 Å². The van der Waals surface area contributed by atoms with Crippen LogP contribution in [0.4, 0.5) is 0 Å². The van der Waals surface area contributed by atoms with Crippen LogP contribution in [0.15, 0.2) is 0 Å². The number of carbonyl (C=O) groups is 1. The lowest BCUT2D eigenvalue weighted by atomic mass is 9.90. The van der Waals surface area contributed by atoms with Crippen LogP contribution in [-0.2, 0) is 15.0 Å². The van der Waals surface area contributed by atoms with Crippen LogP contribution in [0.1, 0.15) is 26.2 Å². The molecule has 1 aliphatic rings. The van der Waals surface area contributed by atoms with Crippen molar-refractivity contribution in [1.82, 2.24) is 9.03 Å². The summed E-state index contributed by atoms with van der Waals surface area (Å²) in [5, 5.41) is 9.05. The standard InChI is InChI=1S/C9H18N2O4S/c1-3-7-4-5-11(16(14,15)10-2)8(6-7)9(12)13/h7-8,10H,3-6H2,1-2H3,(H,12,13). The van der Waals surface area contributed by atoms with E-state index in [9.17, 15) is 13.2 Å². The number of piperidine rings is 1. The van der Waals surface area contributed by atoms with Crippen LogP contribution in [0.3, 0.4) is 0 Å². The highest BCUT2D eigenvalue weighted by Crippen LogP contribution is 2.27. The molecule has 0 saturated carbocycles. The Morgan fingerprint density at radius 1 is 1.56 bits per heavy atom. The molecule has 1 rings (SSSR count). The van der Waals surface area contributed by atoms with Crippen LogP contribution in [-0.4, -0.2) is 43.4 Å². The van der Waals surface area contributed by atoms with Crippen molar-refractivity contribution in [2.75, 3.05) is 13.6 Å². The molecule has 2 unspecified atom stereocenters. The summed E-state index contributed by atoms with van der Waals surface area (Å²) >= 11 is 0. The van der Waals surface area contributed by atoms with Gasteiger partial charge >= 0.3 is 5.97 Å². The van der Waals surface area contributed by atoms with Crippen molar-refractivity contribution in [1.29, 1.82) is 0 Å². The van der Waals surface area contributed by atoms with E-state index < -0.39 is 22.2 Å². The quantitative estimate of drug-likeness (QED) is 0.736. The smallest absolute Gasteiger partial charge is 0.322 e. The van der Waals surface area contributed by atoms with E-state index in [4.69, 9.17) is 5.11 Å². The fraction of sp³-hybridized carbons (Fsp3) is 0.889. The van der Waals surface area contributed by atoms with E-state index in [1.807, 2.05) is 6.92 Å². The maximum atomic E-state index is 11.6. The topological polar surface area (TPSA) is 86.7 Å². The van der Waals surface area contributed by atoms with Gasteiger partial charge in [-0.25, -0.2) is 4.72 Å². The molecule has 0 spiro atoms. The Bertz CT molecular complexity index is 355. The van der Waals surface area contributed by atoms with E-state index in [0.29, 0.717) is 12.3 Å². The first-order valence-electron chi connectivity index (χ1n) is 5.35. The second-order valence-electron chi connectivity index (χ2n) is 3.97. The molecule has 2 N–H and O–H groups in total. The van der Waals surface area contributed by atoms with Crippen molar-refractivity contribution in [2.24, 2.45) is 5.92 Å². The summed E-state index contributed by atoms with van der Waals surface area (Å²) in [6, 6.07) is -0.934. The Balaban J connectivity index is 2.89. The summed E-state index contributed by atoms with van der Waals surface area (Å²) in [5.41, 5.74) is 0. The van der Waals surface area contributed by atoms with Crippen molar-refractivity contribution in [3.8, 4) is 0 Å². The van der Waals surface area contributed by atoms with Gasteiger partial charge in [-0.2, -0.15) is 12.7 Å². The number of rotatable bonds is 4. The van der Waals surface area contributed by atoms with Gasteiger partial charge in [-0.3, -0.25) is 4.79 Å². The lowest BCUT2D eigenvalue weighted by molar-refractivity contribution is -0.143. The minimum absolute atomic E-state index is 0.276. The number of nitrogens with one attached hydrogen (secondary N) is 1. The van der Waals surface area contributed by atoms with Crippen molar-refractivity contribution < 1.29 is 18.3 Å². The molecule has 1 fully saturated rings. The molecular weight excluding hydrogens is 232 g/mol. The highest BCUT2D eigenvalue weighted by atomic mass is 32.2. The molecular formula is C9H18N2O4S. The molecule has 0 aromatic carbocycles. The third kappa shape index (κ3) is 2.72. The number of carboxylic acid groups (broad SMARTS) is 1. The molecule has 1 saturated heterocycles. The lowest BCUT2D eigenvalue weighted by Gasteiger charge is -2.35. The molecule has 1 aliphatic heterocycles. The second-order valence-corrected chi connectivity index (χ2v) is 5.80. The molecule has 0 aromatic heterocycles. The van der Waals surface area contributed by atoms with E-state index in [1.165, 1.54) is 7.05 Å². The van der Waals surface area contributed by atoms with Crippen molar-refractivity contribution in [3.63, 3.8) is 0 Å². The van der Waals surface area contributed by atoms with Gasteiger partial charge in [0.1, 0.15) is 6.04 Å². The monoisotopic (exact) mass is 250 g/mol. The predicted molar refractivity (Wildman–Crippen MR) is 59.1 cm³/mol. The van der Waals surface area contributed by atoms with E-state index in [2.05, 4.69) is 4.72 Å². The molecule has 0 aliphatic carbocycles. The van der Waals surface area contributed by atoms with Crippen LogP contribution in [0.25, 0.3) is 0 Å². The molecule has 0 aromatic rings. The zero-order valence-corrected chi connectivity index (χ0v) is 10.3. The summed E-state index contributed by atoms with van der Waals surface area (Å²) < 4.78 is 26.4. The number of hydrogen-bond acceptors (Lipinski definition) is 3. The van der Waals surface area contributed by atoms with Crippen LogP contribution in [0, 0.1) is 5.92 Å². The molecule has 0 amide bonds. The number of hydrogen-bond donors (Lipinski definition) is 2. The summed E-state index contributed by atoms with van der Waals surface area (Å²) in [5.74, 6) is -0.776. The first kappa shape index (κ1) is 13.4. The molecule has 0 bridgehead atoms. The molecule has 6 nitrogen and oxygen atoms in total. The van der Waals surface area contributed by atoms with E-state index >= 15 is 0 Å². The minimum atomic E-state index is -3.64. The van der Waals surface area contributed by atoms with Crippen molar-refractivity contribution in [3.05, 3.63) is 0 Å². The van der Waals surface area contributed by atoms with Gasteiger partial charge in [-0.1, -0.05) is 13.3 Å². The van der Waals surface area contributed by atoms with Gasteiger partial charge < -0.3 is 5.11 Å². The van der Waals surface area contributed by atoms with Gasteiger partial charge in [0.15, 0.2) is 0 Å². The maximum Gasteiger partial charge on any atom is 0.322 e. The molecule has 0 radical (unpaired) electrons. The predicted octanol–water partition coefficient (Wildman–Crippen LogP) is 0.0258. The average molecular weight is 250 g/mol. The van der Waals surface area contributed by atoms with E-state index in [-0.39, 0.29) is 6.54 Å². The molecule has 2 atom stereocenters. The van der Waals surface area contributed by atoms with Gasteiger partial charge in [-0.05, 0) is 18.8 Å². The third-order valence-corrected chi connectivity index (χ3v) is 4.66. The SMILES string of the molecule is CCC1CCN(S(=O)(=O)NC)C(C(=O)O)C1. The highest BCUT2D eigenvalue weighted by Gasteiger charge is 2.38. The zero-order chi connectivity index (χ0) is 12.3. The first-order chi connectivity index (χ1) is 7.42. The summed E-state index contributed by atoms with van der Waals surface area (Å²) in [4.78, 5) is 11.1. The fourth-order valence-electron chi connectivity index (χ4n) is 2.02. The lowest BCUT2D eigenvalue weighted by Crippen LogP contribution is -2.53. The van der Waals surface area contributed by atoms with Gasteiger partial charge in [0, 0.05) is 13.6 Å². The summed E-state index contributed by atoms with van der Waals surface area (Å²) in [7, 11) is -2.35. The van der Waals surface area contributed by atoms with Gasteiger partial charge in [0.2, 0.25) is 0 Å². The van der Waals surface area contributed by atoms with Crippen LogP contribution in [0.5, 0.6) is 0 Å². The Hall–Kier alpha value is -0.660. The van der Waals surface area contributed by atoms with Crippen molar-refractivity contribution >= 4 is 16.2 Å². The second kappa shape index (κ2) is 5.11. The first-order valence-corrected chi connectivity index (χ1v) is 6.79. The Labute approximate surface area is 95.8 Å². The zero-order valence-electron chi connectivity index (χ0n) is 9.51. The Kier molecular flexibility index (Phi) is 4.28. The van der Waals surface area contributed by atoms with E-state index in [1.54, 1.807) is 0 Å². The van der Waals surface area contributed by atoms with Gasteiger partial charge in [0.25, 0.3) is 10.2 Å². The Morgan fingerprint density at radius 2 is 2.19 bits per heavy atom. The van der Waals surface area contributed by atoms with Crippen LogP contribution in [0.2, 0.25) is 0 Å². The molecule has 16 heavy (non-hydrogen) atoms. The molecule has 94 valence electrons. The van der Waals surface area contributed by atoms with Crippen molar-refractivity contribution in [2.45, 2.75) is 32.2 Å². The average Bonchev–Trinajstić information content (AvgIpc) is 2.28. The third-order valence-electron chi connectivity index (χ3n) is 3.09. The fourth-order valence-corrected chi connectivity index (χ4v) is 3.11. The summed E-state index contributed by atoms with van der Waals surface area (Å²) in [6.07, 6.45) is 2.01. The summed E-state index contributed by atoms with van der Waals surface area (Å²) in [6.45, 7) is 2.27. The molecule has 7 heteroatoms. The minimum Gasteiger partial charge on any atom is -0.480 e. The largest absolute Gasteiger partial charge is 0.480 e. The number of nitrogens with zero attached hydrogens (tertiary/aromatic N) is 1. The van der Waals surface area contributed by atoms with Crippen LogP contribution < -0.4 is 4.72 Å². The maximum absolute atomic E-state index is 11.6. The Morgan fingerprint density at radius 3 is 2.62 bits per heavy atom. The van der Waals surface area contributed by atoms with E-state index in [0.717, 1.165) is 17.1 Å².